The number of hydrogen-bond acceptors (Lipinski definition) is 6. The van der Waals surface area contributed by atoms with Gasteiger partial charge in [-0.2, -0.15) is 0 Å². The lowest BCUT2D eigenvalue weighted by Crippen LogP contribution is -2.30. The van der Waals surface area contributed by atoms with Gasteiger partial charge in [-0.1, -0.05) is 5.16 Å². The summed E-state index contributed by atoms with van der Waals surface area (Å²) < 4.78 is 41.5. The van der Waals surface area contributed by atoms with E-state index in [1.807, 2.05) is 0 Å². The predicted octanol–water partition coefficient (Wildman–Crippen LogP) is 0.561. The summed E-state index contributed by atoms with van der Waals surface area (Å²) in [5.41, 5.74) is 0.318. The number of halogens is 1. The van der Waals surface area contributed by atoms with Crippen molar-refractivity contribution >= 4 is 15.5 Å². The van der Waals surface area contributed by atoms with Gasteiger partial charge in [-0.05, 0) is 25.1 Å². The van der Waals surface area contributed by atoms with Crippen molar-refractivity contribution < 1.29 is 27.9 Å². The standard InChI is InChI=1S/C12H14FNO5S/c1-7(14-16)9-4-8(13)2-3-11(9)19-12-6-20(17,18)5-10(12)15/h2-4,10,12,15-16H,5-6H2,1H3/b14-7-. The number of hydrogen-bond donors (Lipinski definition) is 2. The van der Waals surface area contributed by atoms with Crippen molar-refractivity contribution in [3.63, 3.8) is 0 Å². The molecule has 1 aliphatic heterocycles. The molecule has 1 aliphatic rings. The summed E-state index contributed by atoms with van der Waals surface area (Å²) >= 11 is 0. The molecule has 0 aliphatic carbocycles. The molecule has 1 heterocycles. The first-order valence-corrected chi connectivity index (χ1v) is 7.68. The van der Waals surface area contributed by atoms with E-state index in [-0.39, 0.29) is 28.5 Å². The van der Waals surface area contributed by atoms with Crippen molar-refractivity contribution in [1.29, 1.82) is 0 Å². The van der Waals surface area contributed by atoms with Gasteiger partial charge in [-0.15, -0.1) is 0 Å². The maximum Gasteiger partial charge on any atom is 0.156 e. The Morgan fingerprint density at radius 1 is 1.45 bits per heavy atom. The molecule has 2 N–H and O–H groups in total. The van der Waals surface area contributed by atoms with Crippen molar-refractivity contribution in [2.24, 2.45) is 5.16 Å². The van der Waals surface area contributed by atoms with Crippen LogP contribution in [0.5, 0.6) is 5.75 Å². The summed E-state index contributed by atoms with van der Waals surface area (Å²) in [5, 5.41) is 21.4. The van der Waals surface area contributed by atoms with E-state index in [4.69, 9.17) is 9.94 Å². The van der Waals surface area contributed by atoms with Gasteiger partial charge in [0.25, 0.3) is 0 Å². The van der Waals surface area contributed by atoms with E-state index < -0.39 is 27.9 Å². The Bertz CT molecular complexity index is 643. The fourth-order valence-corrected chi connectivity index (χ4v) is 3.68. The van der Waals surface area contributed by atoms with Gasteiger partial charge in [-0.25, -0.2) is 12.8 Å². The van der Waals surface area contributed by atoms with E-state index in [0.29, 0.717) is 0 Å². The first kappa shape index (κ1) is 14.7. The minimum Gasteiger partial charge on any atom is -0.486 e. The van der Waals surface area contributed by atoms with E-state index in [1.165, 1.54) is 13.0 Å². The Balaban J connectivity index is 2.30. The molecule has 2 unspecified atom stereocenters. The molecule has 0 aromatic heterocycles. The average Bonchev–Trinajstić information content (AvgIpc) is 2.63. The van der Waals surface area contributed by atoms with Crippen LogP contribution in [0.2, 0.25) is 0 Å². The maximum atomic E-state index is 13.2. The molecule has 20 heavy (non-hydrogen) atoms. The van der Waals surface area contributed by atoms with Crippen LogP contribution in [0, 0.1) is 5.82 Å². The van der Waals surface area contributed by atoms with E-state index in [9.17, 15) is 17.9 Å². The van der Waals surface area contributed by atoms with E-state index in [0.717, 1.165) is 12.1 Å². The molecule has 0 spiro atoms. The highest BCUT2D eigenvalue weighted by atomic mass is 32.2. The minimum absolute atomic E-state index is 0.120. The van der Waals surface area contributed by atoms with E-state index in [2.05, 4.69) is 5.16 Å². The highest BCUT2D eigenvalue weighted by molar-refractivity contribution is 7.91. The van der Waals surface area contributed by atoms with Gasteiger partial charge >= 0.3 is 0 Å². The Hall–Kier alpha value is -1.67. The van der Waals surface area contributed by atoms with Gasteiger partial charge in [0.1, 0.15) is 23.8 Å². The number of rotatable bonds is 3. The van der Waals surface area contributed by atoms with Crippen molar-refractivity contribution in [1.82, 2.24) is 0 Å². The van der Waals surface area contributed by atoms with Crippen LogP contribution in [-0.2, 0) is 9.84 Å². The molecule has 110 valence electrons. The first-order valence-electron chi connectivity index (χ1n) is 5.86. The summed E-state index contributed by atoms with van der Waals surface area (Å²) in [6, 6.07) is 3.55. The van der Waals surface area contributed by atoms with Crippen molar-refractivity contribution in [2.45, 2.75) is 19.1 Å². The normalized spacial score (nSPS) is 25.6. The molecule has 0 amide bonds. The quantitative estimate of drug-likeness (QED) is 0.483. The van der Waals surface area contributed by atoms with Crippen LogP contribution in [0.3, 0.4) is 0 Å². The Morgan fingerprint density at radius 3 is 2.70 bits per heavy atom. The molecule has 1 aromatic rings. The fraction of sp³-hybridized carbons (Fsp3) is 0.417. The SMILES string of the molecule is C/C(=N/O)c1cc(F)ccc1OC1CS(=O)(=O)CC1O. The number of ether oxygens (including phenoxy) is 1. The van der Waals surface area contributed by atoms with E-state index >= 15 is 0 Å². The second-order valence-corrected chi connectivity index (χ2v) is 6.78. The third-order valence-corrected chi connectivity index (χ3v) is 4.72. The molecule has 0 saturated carbocycles. The molecule has 2 atom stereocenters. The highest BCUT2D eigenvalue weighted by Gasteiger charge is 2.38. The molecular weight excluding hydrogens is 289 g/mol. The number of nitrogens with zero attached hydrogens (tertiary/aromatic N) is 1. The number of aliphatic hydroxyl groups excluding tert-OH is 1. The van der Waals surface area contributed by atoms with Crippen LogP contribution < -0.4 is 4.74 Å². The Morgan fingerprint density at radius 2 is 2.15 bits per heavy atom. The molecule has 1 aromatic carbocycles. The van der Waals surface area contributed by atoms with E-state index in [1.54, 1.807) is 0 Å². The molecule has 0 radical (unpaired) electrons. The lowest BCUT2D eigenvalue weighted by Gasteiger charge is -2.18. The van der Waals surface area contributed by atoms with Gasteiger partial charge < -0.3 is 15.1 Å². The summed E-state index contributed by atoms with van der Waals surface area (Å²) in [7, 11) is -3.34. The second kappa shape index (κ2) is 5.37. The molecule has 8 heteroatoms. The average molecular weight is 303 g/mol. The molecule has 1 saturated heterocycles. The molecule has 6 nitrogen and oxygen atoms in total. The van der Waals surface area contributed by atoms with Crippen LogP contribution in [0.4, 0.5) is 4.39 Å². The first-order chi connectivity index (χ1) is 9.32. The van der Waals surface area contributed by atoms with Gasteiger partial charge in [0, 0.05) is 5.56 Å². The number of aliphatic hydroxyl groups is 1. The highest BCUT2D eigenvalue weighted by Crippen LogP contribution is 2.25. The zero-order chi connectivity index (χ0) is 14.9. The predicted molar refractivity (Wildman–Crippen MR) is 69.5 cm³/mol. The van der Waals surface area contributed by atoms with Gasteiger partial charge in [0.15, 0.2) is 9.84 Å². The third-order valence-electron chi connectivity index (χ3n) is 3.03. The second-order valence-electron chi connectivity index (χ2n) is 4.63. The summed E-state index contributed by atoms with van der Waals surface area (Å²) in [6.45, 7) is 1.45. The molecule has 0 bridgehead atoms. The van der Waals surface area contributed by atoms with Crippen molar-refractivity contribution in [3.05, 3.63) is 29.6 Å². The van der Waals surface area contributed by atoms with Crippen molar-refractivity contribution in [2.75, 3.05) is 11.5 Å². The van der Waals surface area contributed by atoms with Crippen LogP contribution >= 0.6 is 0 Å². The zero-order valence-electron chi connectivity index (χ0n) is 10.7. The smallest absolute Gasteiger partial charge is 0.156 e. The minimum atomic E-state index is -3.34. The maximum absolute atomic E-state index is 13.2. The van der Waals surface area contributed by atoms with Gasteiger partial charge in [0.2, 0.25) is 0 Å². The third kappa shape index (κ3) is 3.07. The Labute approximate surface area is 115 Å². The van der Waals surface area contributed by atoms with Gasteiger partial charge in [-0.3, -0.25) is 0 Å². The monoisotopic (exact) mass is 303 g/mol. The lowest BCUT2D eigenvalue weighted by molar-refractivity contribution is 0.0736. The Kier molecular flexibility index (Phi) is 3.96. The van der Waals surface area contributed by atoms with Crippen LogP contribution in [0.25, 0.3) is 0 Å². The molecule has 2 rings (SSSR count). The molecule has 1 fully saturated rings. The number of sulfone groups is 1. The lowest BCUT2D eigenvalue weighted by atomic mass is 10.1. The largest absolute Gasteiger partial charge is 0.486 e. The number of oxime groups is 1. The van der Waals surface area contributed by atoms with Crippen LogP contribution in [0.1, 0.15) is 12.5 Å². The van der Waals surface area contributed by atoms with Gasteiger partial charge in [0.05, 0.1) is 17.2 Å². The van der Waals surface area contributed by atoms with Crippen LogP contribution in [-0.4, -0.2) is 48.2 Å². The zero-order valence-corrected chi connectivity index (χ0v) is 11.5. The van der Waals surface area contributed by atoms with Crippen molar-refractivity contribution in [3.8, 4) is 5.75 Å². The summed E-state index contributed by atoms with van der Waals surface area (Å²) in [4.78, 5) is 0. The topological polar surface area (TPSA) is 96.2 Å². The number of benzene rings is 1. The summed E-state index contributed by atoms with van der Waals surface area (Å²) in [6.07, 6.45) is -2.06. The van der Waals surface area contributed by atoms with Crippen LogP contribution in [0.15, 0.2) is 23.4 Å². The fourth-order valence-electron chi connectivity index (χ4n) is 2.01. The summed E-state index contributed by atoms with van der Waals surface area (Å²) in [5.74, 6) is -1.06. The molecular formula is C12H14FNO5S.